The zero-order chi connectivity index (χ0) is 29.3. The summed E-state index contributed by atoms with van der Waals surface area (Å²) < 4.78 is 6.33. The number of carbonyl (C=O) groups excluding carboxylic acids is 1. The minimum Gasteiger partial charge on any atom is -0.463 e. The van der Waals surface area contributed by atoms with E-state index in [1.807, 2.05) is 18.2 Å². The Morgan fingerprint density at radius 2 is 2.00 bits per heavy atom. The van der Waals surface area contributed by atoms with Gasteiger partial charge in [-0.05, 0) is 58.5 Å². The van der Waals surface area contributed by atoms with Gasteiger partial charge in [0.1, 0.15) is 11.9 Å². The van der Waals surface area contributed by atoms with Crippen LogP contribution in [0.4, 0.5) is 11.5 Å². The van der Waals surface area contributed by atoms with Crippen molar-refractivity contribution in [1.82, 2.24) is 19.8 Å². The summed E-state index contributed by atoms with van der Waals surface area (Å²) >= 11 is 13.3. The van der Waals surface area contributed by atoms with Gasteiger partial charge in [0, 0.05) is 43.2 Å². The van der Waals surface area contributed by atoms with Gasteiger partial charge in [-0.25, -0.2) is 6.57 Å². The number of carbonyl (C=O) groups is 1. The predicted molar refractivity (Wildman–Crippen MR) is 163 cm³/mol. The first-order valence-electron chi connectivity index (χ1n) is 14.0. The van der Waals surface area contributed by atoms with Gasteiger partial charge in [-0.15, -0.1) is 0 Å². The molecule has 5 rings (SSSR count). The molecule has 1 aliphatic carbocycles. The third kappa shape index (κ3) is 6.25. The van der Waals surface area contributed by atoms with E-state index >= 15 is 0 Å². The van der Waals surface area contributed by atoms with Crippen LogP contribution in [0.1, 0.15) is 31.0 Å². The van der Waals surface area contributed by atoms with Crippen LogP contribution in [-0.4, -0.2) is 91.2 Å². The highest BCUT2D eigenvalue weighted by atomic mass is 35.5. The molecule has 9 nitrogen and oxygen atoms in total. The zero-order valence-electron chi connectivity index (χ0n) is 23.9. The van der Waals surface area contributed by atoms with Crippen LogP contribution in [0.5, 0.6) is 6.01 Å². The van der Waals surface area contributed by atoms with Crippen molar-refractivity contribution in [2.24, 2.45) is 5.41 Å². The lowest BCUT2D eigenvalue weighted by atomic mass is 9.97. The number of anilines is 2. The molecule has 1 saturated carbocycles. The Bertz CT molecular complexity index is 1340. The van der Waals surface area contributed by atoms with Crippen LogP contribution in [0.2, 0.25) is 10.0 Å². The molecule has 41 heavy (non-hydrogen) atoms. The Morgan fingerprint density at radius 1 is 1.27 bits per heavy atom. The fourth-order valence-electron chi connectivity index (χ4n) is 6.08. The van der Waals surface area contributed by atoms with Gasteiger partial charge >= 0.3 is 6.01 Å². The number of para-hydroxylation sites is 1. The van der Waals surface area contributed by atoms with Crippen molar-refractivity contribution in [2.45, 2.75) is 44.8 Å². The second-order valence-electron chi connectivity index (χ2n) is 11.7. The summed E-state index contributed by atoms with van der Waals surface area (Å²) in [5.74, 6) is 0.670. The molecular weight excluding hydrogens is 561 g/mol. The van der Waals surface area contributed by atoms with Gasteiger partial charge < -0.3 is 29.2 Å². The fourth-order valence-corrected chi connectivity index (χ4v) is 6.69. The van der Waals surface area contributed by atoms with Gasteiger partial charge in [0.2, 0.25) is 12.5 Å². The fraction of sp³-hybridized carbons (Fsp3) is 0.533. The summed E-state index contributed by atoms with van der Waals surface area (Å²) in [6.07, 6.45) is 4.26. The molecule has 2 aromatic rings. The van der Waals surface area contributed by atoms with Crippen LogP contribution in [0.3, 0.4) is 0 Å². The number of aromatic nitrogens is 2. The van der Waals surface area contributed by atoms with E-state index in [1.165, 1.54) is 6.08 Å². The van der Waals surface area contributed by atoms with Crippen molar-refractivity contribution in [2.75, 3.05) is 63.2 Å². The average Bonchev–Trinajstić information content (AvgIpc) is 3.70. The van der Waals surface area contributed by atoms with E-state index < -0.39 is 0 Å². The molecule has 2 aliphatic heterocycles. The Hall–Kier alpha value is -3.06. The average molecular weight is 599 g/mol. The van der Waals surface area contributed by atoms with Gasteiger partial charge in [0.05, 0.1) is 34.6 Å². The van der Waals surface area contributed by atoms with Crippen LogP contribution >= 0.6 is 23.2 Å². The largest absolute Gasteiger partial charge is 0.463 e. The molecule has 3 aliphatic rings. The summed E-state index contributed by atoms with van der Waals surface area (Å²) in [5, 5.41) is 1.20. The van der Waals surface area contributed by atoms with E-state index in [0.29, 0.717) is 55.3 Å². The number of halogens is 2. The predicted octanol–water partition coefficient (Wildman–Crippen LogP) is 4.58. The molecule has 218 valence electrons. The summed E-state index contributed by atoms with van der Waals surface area (Å²) in [6, 6.07) is 5.75. The van der Waals surface area contributed by atoms with Gasteiger partial charge in [0.25, 0.3) is 0 Å². The maximum Gasteiger partial charge on any atom is 0.318 e. The highest BCUT2D eigenvalue weighted by Crippen LogP contribution is 2.46. The van der Waals surface area contributed by atoms with Crippen molar-refractivity contribution in [3.63, 3.8) is 0 Å². The minimum absolute atomic E-state index is 0.0894. The number of piperazine rings is 1. The topological polar surface area (TPSA) is 69.4 Å². The summed E-state index contributed by atoms with van der Waals surface area (Å²) in [5.41, 5.74) is 2.87. The third-order valence-electron chi connectivity index (χ3n) is 8.29. The quantitative estimate of drug-likeness (QED) is 0.309. The normalized spacial score (nSPS) is 21.3. The second kappa shape index (κ2) is 12.0. The molecule has 0 unspecified atom stereocenters. The van der Waals surface area contributed by atoms with Crippen molar-refractivity contribution in [3.05, 3.63) is 63.6 Å². The van der Waals surface area contributed by atoms with E-state index in [9.17, 15) is 4.79 Å². The van der Waals surface area contributed by atoms with Crippen molar-refractivity contribution >= 4 is 40.6 Å². The number of hydrogen-bond donors (Lipinski definition) is 0. The number of amides is 1. The van der Waals surface area contributed by atoms with E-state index in [0.717, 1.165) is 42.1 Å². The van der Waals surface area contributed by atoms with E-state index in [-0.39, 0.29) is 30.0 Å². The van der Waals surface area contributed by atoms with Gasteiger partial charge in [-0.2, -0.15) is 9.97 Å². The smallest absolute Gasteiger partial charge is 0.318 e. The highest BCUT2D eigenvalue weighted by molar-refractivity contribution is 6.39. The maximum absolute atomic E-state index is 12.5. The molecule has 0 N–H and O–H groups in total. The molecule has 1 aromatic heterocycles. The molecule has 1 saturated heterocycles. The molecule has 2 fully saturated rings. The number of ether oxygens (including phenoxy) is 1. The molecular formula is C30H37Cl2N7O2. The SMILES string of the molecule is [C-]#[N+]C[C@H]1CN(c2nc(OCC3(CN(C)C)CC3)nc3c2C[C@@H](C)N(c2c(Cl)cccc2Cl)C3)CCN1C(=O)C=C. The maximum atomic E-state index is 12.5. The monoisotopic (exact) mass is 597 g/mol. The first-order valence-corrected chi connectivity index (χ1v) is 14.8. The highest BCUT2D eigenvalue weighted by Gasteiger charge is 2.44. The first-order chi connectivity index (χ1) is 19.6. The number of rotatable bonds is 9. The number of benzene rings is 1. The van der Waals surface area contributed by atoms with E-state index in [2.05, 4.69) is 47.1 Å². The summed E-state index contributed by atoms with van der Waals surface area (Å²) in [4.78, 5) is 34.4. The van der Waals surface area contributed by atoms with Crippen molar-refractivity contribution in [3.8, 4) is 6.01 Å². The number of fused-ring (bicyclic) bond motifs is 1. The number of nitrogens with zero attached hydrogens (tertiary/aromatic N) is 7. The van der Waals surface area contributed by atoms with Crippen molar-refractivity contribution < 1.29 is 9.53 Å². The van der Waals surface area contributed by atoms with Crippen LogP contribution < -0.4 is 14.5 Å². The molecule has 1 amide bonds. The minimum atomic E-state index is -0.254. The Kier molecular flexibility index (Phi) is 8.65. The van der Waals surface area contributed by atoms with Gasteiger partial charge in [0.15, 0.2) is 0 Å². The summed E-state index contributed by atoms with van der Waals surface area (Å²) in [7, 11) is 4.17. The lowest BCUT2D eigenvalue weighted by Crippen LogP contribution is -2.56. The Labute approximate surface area is 252 Å². The standard InChI is InChI=1S/C30H37Cl2N7O2/c1-6-26(40)38-13-12-37(16-21(38)15-33-3)28-22-14-20(2)39(27-23(31)8-7-9-24(27)32)17-25(22)34-29(35-28)41-19-30(10-11-30)18-36(4)5/h6-9,20-21H,1,10-19H2,2,4-5H3/t20-,21+/m1/s1. The lowest BCUT2D eigenvalue weighted by Gasteiger charge is -2.42. The molecule has 0 spiro atoms. The Morgan fingerprint density at radius 3 is 2.63 bits per heavy atom. The molecule has 0 radical (unpaired) electrons. The Balaban J connectivity index is 1.50. The van der Waals surface area contributed by atoms with E-state index in [4.69, 9.17) is 44.5 Å². The lowest BCUT2D eigenvalue weighted by molar-refractivity contribution is -0.128. The molecule has 1 aromatic carbocycles. The second-order valence-corrected chi connectivity index (χ2v) is 12.5. The van der Waals surface area contributed by atoms with Crippen LogP contribution in [-0.2, 0) is 17.8 Å². The van der Waals surface area contributed by atoms with Crippen LogP contribution in [0.25, 0.3) is 4.85 Å². The molecule has 3 heterocycles. The van der Waals surface area contributed by atoms with Crippen LogP contribution in [0.15, 0.2) is 30.9 Å². The molecule has 11 heteroatoms. The van der Waals surface area contributed by atoms with Gasteiger partial charge in [-0.1, -0.05) is 35.8 Å². The van der Waals surface area contributed by atoms with Crippen molar-refractivity contribution in [1.29, 1.82) is 0 Å². The first kappa shape index (κ1) is 29.4. The molecule has 0 bridgehead atoms. The van der Waals surface area contributed by atoms with E-state index in [1.54, 1.807) is 4.90 Å². The summed E-state index contributed by atoms with van der Waals surface area (Å²) in [6.45, 7) is 17.1. The van der Waals surface area contributed by atoms with Gasteiger partial charge in [-0.3, -0.25) is 4.79 Å². The zero-order valence-corrected chi connectivity index (χ0v) is 25.5. The third-order valence-corrected chi connectivity index (χ3v) is 8.90. The number of hydrogen-bond acceptors (Lipinski definition) is 7. The molecule has 2 atom stereocenters. The van der Waals surface area contributed by atoms with Crippen LogP contribution in [0, 0.1) is 12.0 Å².